The lowest BCUT2D eigenvalue weighted by Crippen LogP contribution is -2.38. The normalized spacial score (nSPS) is 43.9. The molecule has 230 valence electrons. The number of aliphatic hydroxyl groups is 4. The molecule has 3 saturated heterocycles. The van der Waals surface area contributed by atoms with Crippen LogP contribution in [0, 0.1) is 0 Å². The lowest BCUT2D eigenvalue weighted by atomic mass is 9.93. The van der Waals surface area contributed by atoms with Crippen LogP contribution < -0.4 is 0 Å². The van der Waals surface area contributed by atoms with E-state index in [-0.39, 0.29) is 0 Å². The van der Waals surface area contributed by atoms with Crippen molar-refractivity contribution in [2.75, 3.05) is 19.8 Å². The zero-order chi connectivity index (χ0) is 30.9. The standard InChI is InChI=1S/C15H25B3IO19P3/c16-13-7(21)10(4(1-20)32-13)35-39(24,25)30-2-5-11(8(22)14(17)33-5)36-40(26,27)31-3-6-12(9(23)15(18)34-6)37-41(28,29)38-19/h4-15,20-23H,1-3H2,(H,24,25)(H,26,27)(H,28,29)/t4-,5-,6-,7?,8?,9?,10?,11?,12?,13-,14-,15-/m1/s1. The van der Waals surface area contributed by atoms with Gasteiger partial charge in [0.25, 0.3) is 0 Å². The second kappa shape index (κ2) is 14.6. The lowest BCUT2D eigenvalue weighted by molar-refractivity contribution is -0.0392. The third kappa shape index (κ3) is 9.49. The van der Waals surface area contributed by atoms with Crippen LogP contribution in [0.1, 0.15) is 0 Å². The molecule has 3 aliphatic rings. The topological polar surface area (TPSA) is 276 Å². The van der Waals surface area contributed by atoms with Crippen molar-refractivity contribution in [1.82, 2.24) is 0 Å². The van der Waals surface area contributed by atoms with E-state index in [0.29, 0.717) is 0 Å². The molecule has 7 N–H and O–H groups in total. The van der Waals surface area contributed by atoms with E-state index < -0.39 is 116 Å². The molecule has 3 fully saturated rings. The van der Waals surface area contributed by atoms with Gasteiger partial charge in [-0.3, -0.25) is 22.6 Å². The molecule has 41 heavy (non-hydrogen) atoms. The van der Waals surface area contributed by atoms with Gasteiger partial charge in [-0.2, -0.15) is 0 Å². The number of rotatable bonds is 14. The number of ether oxygens (including phenoxy) is 3. The SMILES string of the molecule is [B][C@@H]1O[C@H](COP(=O)(O)OC2C(O)[C@H]([B])O[C@@H]2COP(=O)(O)OC2C(O)[C@H]([B])O[C@@H]2CO)C(OP(=O)(O)OI)C1O. The zero-order valence-corrected chi connectivity index (χ0v) is 25.4. The number of phosphoric acid groups is 3. The first kappa shape index (κ1) is 36.4. The summed E-state index contributed by atoms with van der Waals surface area (Å²) in [5, 5.41) is 39.6. The second-order valence-corrected chi connectivity index (χ2v) is 14.1. The predicted molar refractivity (Wildman–Crippen MR) is 139 cm³/mol. The van der Waals surface area contributed by atoms with Crippen molar-refractivity contribution in [2.24, 2.45) is 0 Å². The molecule has 3 rings (SSSR count). The molecule has 15 atom stereocenters. The molecule has 3 aliphatic heterocycles. The highest BCUT2D eigenvalue weighted by atomic mass is 127. The van der Waals surface area contributed by atoms with Crippen LogP contribution in [0.3, 0.4) is 0 Å². The van der Waals surface area contributed by atoms with Crippen molar-refractivity contribution in [2.45, 2.75) is 72.9 Å². The van der Waals surface area contributed by atoms with Gasteiger partial charge in [0.05, 0.1) is 19.8 Å². The van der Waals surface area contributed by atoms with Gasteiger partial charge < -0.3 is 49.3 Å². The van der Waals surface area contributed by atoms with Gasteiger partial charge in [-0.15, -0.1) is 0 Å². The fraction of sp³-hybridized carbons (Fsp3) is 1.00. The minimum absolute atomic E-state index is 0.723. The highest BCUT2D eigenvalue weighted by Gasteiger charge is 2.50. The Morgan fingerprint density at radius 1 is 0.634 bits per heavy atom. The largest absolute Gasteiger partial charge is 0.482 e. The van der Waals surface area contributed by atoms with Gasteiger partial charge in [0.2, 0.25) is 0 Å². The monoisotopic (exact) mass is 762 g/mol. The van der Waals surface area contributed by atoms with Crippen molar-refractivity contribution in [3.8, 4) is 0 Å². The second-order valence-electron chi connectivity index (χ2n) is 8.85. The van der Waals surface area contributed by atoms with Crippen LogP contribution in [0.25, 0.3) is 0 Å². The molecule has 19 nitrogen and oxygen atoms in total. The van der Waals surface area contributed by atoms with Gasteiger partial charge in [0, 0.05) is 18.0 Å². The maximum Gasteiger partial charge on any atom is 0.482 e. The Bertz CT molecular complexity index is 1030. The Balaban J connectivity index is 1.60. The van der Waals surface area contributed by atoms with Crippen molar-refractivity contribution < 1.29 is 88.5 Å². The van der Waals surface area contributed by atoms with Crippen molar-refractivity contribution in [1.29, 1.82) is 0 Å². The summed E-state index contributed by atoms with van der Waals surface area (Å²) in [6.45, 7) is -2.55. The van der Waals surface area contributed by atoms with Gasteiger partial charge >= 0.3 is 23.5 Å². The average molecular weight is 762 g/mol. The van der Waals surface area contributed by atoms with E-state index in [1.54, 1.807) is 0 Å². The Labute approximate surface area is 250 Å². The summed E-state index contributed by atoms with van der Waals surface area (Å²) in [4.78, 5) is 29.8. The number of hydrogen-bond donors (Lipinski definition) is 7. The van der Waals surface area contributed by atoms with Crippen LogP contribution in [-0.2, 0) is 53.4 Å². The van der Waals surface area contributed by atoms with Crippen LogP contribution >= 0.6 is 46.5 Å². The molecule has 0 aliphatic carbocycles. The van der Waals surface area contributed by atoms with Crippen molar-refractivity contribution in [3.63, 3.8) is 0 Å². The third-order valence-electron chi connectivity index (χ3n) is 5.95. The minimum Gasteiger partial charge on any atom is -0.394 e. The molecule has 0 aromatic carbocycles. The molecule has 0 spiro atoms. The summed E-state index contributed by atoms with van der Waals surface area (Å²) >= 11 is 1.07. The molecule has 0 saturated carbocycles. The summed E-state index contributed by atoms with van der Waals surface area (Å²) in [7, 11) is 1.73. The maximum atomic E-state index is 12.6. The Morgan fingerprint density at radius 3 is 1.29 bits per heavy atom. The summed E-state index contributed by atoms with van der Waals surface area (Å²) < 4.78 is 80.5. The first-order chi connectivity index (χ1) is 18.9. The van der Waals surface area contributed by atoms with E-state index in [4.69, 9.17) is 60.4 Å². The Hall–Kier alpha value is 0.975. The van der Waals surface area contributed by atoms with E-state index in [1.165, 1.54) is 0 Å². The van der Waals surface area contributed by atoms with Crippen LogP contribution in [0.15, 0.2) is 0 Å². The van der Waals surface area contributed by atoms with Gasteiger partial charge in [-0.1, -0.05) is 0 Å². The van der Waals surface area contributed by atoms with Crippen LogP contribution in [0.2, 0.25) is 0 Å². The number of hydrogen-bond acceptors (Lipinski definition) is 16. The molecular formula is C15H25B3IO19P3. The first-order valence-electron chi connectivity index (χ1n) is 11.4. The van der Waals surface area contributed by atoms with E-state index >= 15 is 0 Å². The summed E-state index contributed by atoms with van der Waals surface area (Å²) in [5.74, 6) is 0. The van der Waals surface area contributed by atoms with E-state index in [1.807, 2.05) is 0 Å². The molecule has 0 amide bonds. The summed E-state index contributed by atoms with van der Waals surface area (Å²) in [6.07, 6.45) is -14.4. The van der Waals surface area contributed by atoms with Crippen molar-refractivity contribution in [3.05, 3.63) is 0 Å². The Kier molecular flexibility index (Phi) is 13.0. The molecule has 0 bridgehead atoms. The molecule has 3 heterocycles. The third-order valence-corrected chi connectivity index (χ3v) is 10.1. The average Bonchev–Trinajstić information content (AvgIpc) is 3.42. The molecule has 9 unspecified atom stereocenters. The lowest BCUT2D eigenvalue weighted by Gasteiger charge is -2.26. The minimum atomic E-state index is -5.16. The zero-order valence-electron chi connectivity index (χ0n) is 20.5. The Morgan fingerprint density at radius 2 is 0.951 bits per heavy atom. The molecule has 26 heteroatoms. The molecule has 0 aromatic rings. The van der Waals surface area contributed by atoms with Crippen molar-refractivity contribution >= 4 is 70.0 Å². The highest BCUT2D eigenvalue weighted by Crippen LogP contribution is 2.52. The maximum absolute atomic E-state index is 12.6. The van der Waals surface area contributed by atoms with Gasteiger partial charge in [-0.05, 0) is 0 Å². The van der Waals surface area contributed by atoms with Gasteiger partial charge in [0.15, 0.2) is 0 Å². The van der Waals surface area contributed by atoms with Crippen LogP contribution in [0.4, 0.5) is 0 Å². The summed E-state index contributed by atoms with van der Waals surface area (Å²) in [6, 6.07) is -4.29. The van der Waals surface area contributed by atoms with Crippen LogP contribution in [0.5, 0.6) is 0 Å². The highest BCUT2D eigenvalue weighted by molar-refractivity contribution is 14.1. The molecular weight excluding hydrogens is 736 g/mol. The number of phosphoric ester groups is 3. The van der Waals surface area contributed by atoms with E-state index in [0.717, 1.165) is 23.0 Å². The summed E-state index contributed by atoms with van der Waals surface area (Å²) in [5.41, 5.74) is 0. The van der Waals surface area contributed by atoms with Gasteiger partial charge in [-0.25, -0.2) is 16.5 Å². The smallest absolute Gasteiger partial charge is 0.394 e. The molecule has 6 radical (unpaired) electrons. The predicted octanol–water partition coefficient (Wildman–Crippen LogP) is -3.40. The number of aliphatic hydroxyl groups excluding tert-OH is 4. The number of halogens is 1. The van der Waals surface area contributed by atoms with Crippen LogP contribution in [-0.4, -0.2) is 151 Å². The van der Waals surface area contributed by atoms with E-state index in [9.17, 15) is 48.8 Å². The first-order valence-corrected chi connectivity index (χ1v) is 16.8. The fourth-order valence-corrected chi connectivity index (χ4v) is 6.79. The fourth-order valence-electron chi connectivity index (χ4n) is 3.98. The van der Waals surface area contributed by atoms with Gasteiger partial charge in [0.1, 0.15) is 101 Å². The quantitative estimate of drug-likeness (QED) is 0.0516. The molecule has 0 aromatic heterocycles. The van der Waals surface area contributed by atoms with E-state index in [2.05, 4.69) is 2.85 Å².